The number of nitrogens with zero attached hydrogens (tertiary/aromatic N) is 2. The van der Waals surface area contributed by atoms with E-state index in [4.69, 9.17) is 4.74 Å². The van der Waals surface area contributed by atoms with E-state index in [9.17, 15) is 4.79 Å². The van der Waals surface area contributed by atoms with Gasteiger partial charge in [0.1, 0.15) is 5.75 Å². The van der Waals surface area contributed by atoms with Crippen molar-refractivity contribution in [1.82, 2.24) is 15.1 Å². The molecule has 1 aromatic carbocycles. The molecular formula is C17H27N3O2. The van der Waals surface area contributed by atoms with Crippen molar-refractivity contribution < 1.29 is 9.53 Å². The summed E-state index contributed by atoms with van der Waals surface area (Å²) in [4.78, 5) is 16.8. The maximum absolute atomic E-state index is 12.0. The first-order valence-corrected chi connectivity index (χ1v) is 8.02. The quantitative estimate of drug-likeness (QED) is 0.775. The summed E-state index contributed by atoms with van der Waals surface area (Å²) >= 11 is 0. The third-order valence-electron chi connectivity index (χ3n) is 4.13. The first kappa shape index (κ1) is 16.8. The lowest BCUT2D eigenvalue weighted by molar-refractivity contribution is 0.0952. The molecule has 0 unspecified atom stereocenters. The van der Waals surface area contributed by atoms with Crippen LogP contribution in [0.1, 0.15) is 23.2 Å². The predicted molar refractivity (Wildman–Crippen MR) is 88.5 cm³/mol. The largest absolute Gasteiger partial charge is 0.497 e. The summed E-state index contributed by atoms with van der Waals surface area (Å²) in [5.41, 5.74) is 0.680. The van der Waals surface area contributed by atoms with Gasteiger partial charge in [-0.1, -0.05) is 0 Å². The lowest BCUT2D eigenvalue weighted by Crippen LogP contribution is -2.44. The van der Waals surface area contributed by atoms with Crippen LogP contribution in [0.3, 0.4) is 0 Å². The summed E-state index contributed by atoms with van der Waals surface area (Å²) < 4.78 is 5.09. The van der Waals surface area contributed by atoms with Gasteiger partial charge in [0, 0.05) is 38.3 Å². The predicted octanol–water partition coefficient (Wildman–Crippen LogP) is 1.45. The van der Waals surface area contributed by atoms with Crippen molar-refractivity contribution in [2.45, 2.75) is 12.8 Å². The van der Waals surface area contributed by atoms with Gasteiger partial charge < -0.3 is 19.9 Å². The number of rotatable bonds is 7. The van der Waals surface area contributed by atoms with Gasteiger partial charge in [-0.2, -0.15) is 0 Å². The average Bonchev–Trinajstić information content (AvgIpc) is 2.56. The van der Waals surface area contributed by atoms with Gasteiger partial charge in [-0.05, 0) is 50.7 Å². The Morgan fingerprint density at radius 1 is 1.14 bits per heavy atom. The minimum absolute atomic E-state index is 0.0118. The Morgan fingerprint density at radius 2 is 1.82 bits per heavy atom. The molecule has 0 bridgehead atoms. The maximum Gasteiger partial charge on any atom is 0.251 e. The van der Waals surface area contributed by atoms with Crippen LogP contribution >= 0.6 is 0 Å². The number of carbonyl (C=O) groups excluding carboxylic acids is 1. The van der Waals surface area contributed by atoms with Crippen molar-refractivity contribution in [3.8, 4) is 5.75 Å². The highest BCUT2D eigenvalue weighted by Gasteiger charge is 2.12. The first-order chi connectivity index (χ1) is 10.7. The molecule has 0 aliphatic carbocycles. The third-order valence-corrected chi connectivity index (χ3v) is 4.13. The highest BCUT2D eigenvalue weighted by Crippen LogP contribution is 2.11. The minimum Gasteiger partial charge on any atom is -0.497 e. The van der Waals surface area contributed by atoms with E-state index in [-0.39, 0.29) is 5.91 Å². The van der Waals surface area contributed by atoms with Gasteiger partial charge in [0.15, 0.2) is 0 Å². The Balaban J connectivity index is 1.58. The molecule has 1 N–H and O–H groups in total. The standard InChI is InChI=1S/C17H27N3O2/c1-19-11-13-20(14-12-19)10-4-3-9-18-17(21)15-5-7-16(22-2)8-6-15/h5-8H,3-4,9-14H2,1-2H3,(H,18,21). The van der Waals surface area contributed by atoms with E-state index in [1.165, 1.54) is 0 Å². The van der Waals surface area contributed by atoms with Gasteiger partial charge in [0.05, 0.1) is 7.11 Å². The van der Waals surface area contributed by atoms with Crippen molar-refractivity contribution in [1.29, 1.82) is 0 Å². The van der Waals surface area contributed by atoms with Crippen LogP contribution in [0.25, 0.3) is 0 Å². The second kappa shape index (κ2) is 8.76. The number of benzene rings is 1. The number of carbonyl (C=O) groups is 1. The maximum atomic E-state index is 12.0. The zero-order chi connectivity index (χ0) is 15.8. The summed E-state index contributed by atoms with van der Waals surface area (Å²) in [5.74, 6) is 0.756. The second-order valence-corrected chi connectivity index (χ2v) is 5.84. The molecule has 122 valence electrons. The van der Waals surface area contributed by atoms with Gasteiger partial charge >= 0.3 is 0 Å². The Bertz CT molecular complexity index is 453. The molecular weight excluding hydrogens is 278 g/mol. The average molecular weight is 305 g/mol. The van der Waals surface area contributed by atoms with Crippen LogP contribution in [0.15, 0.2) is 24.3 Å². The Labute approximate surface area is 133 Å². The molecule has 1 aliphatic rings. The lowest BCUT2D eigenvalue weighted by Gasteiger charge is -2.32. The summed E-state index contributed by atoms with van der Waals surface area (Å²) in [7, 11) is 3.79. The van der Waals surface area contributed by atoms with Gasteiger partial charge in [-0.3, -0.25) is 4.79 Å². The van der Waals surface area contributed by atoms with Gasteiger partial charge in [-0.15, -0.1) is 0 Å². The fraction of sp³-hybridized carbons (Fsp3) is 0.588. The van der Waals surface area contributed by atoms with Gasteiger partial charge in [0.2, 0.25) is 0 Å². The van der Waals surface area contributed by atoms with Crippen LogP contribution in [0.2, 0.25) is 0 Å². The number of unbranched alkanes of at least 4 members (excludes halogenated alkanes) is 1. The fourth-order valence-electron chi connectivity index (χ4n) is 2.58. The monoisotopic (exact) mass is 305 g/mol. The molecule has 1 amide bonds. The fourth-order valence-corrected chi connectivity index (χ4v) is 2.58. The number of methoxy groups -OCH3 is 1. The van der Waals surface area contributed by atoms with Crippen LogP contribution in [-0.4, -0.2) is 69.1 Å². The van der Waals surface area contributed by atoms with Crippen molar-refractivity contribution >= 4 is 5.91 Å². The van der Waals surface area contributed by atoms with E-state index in [2.05, 4.69) is 22.2 Å². The number of hydrogen-bond donors (Lipinski definition) is 1. The molecule has 1 aliphatic heterocycles. The zero-order valence-corrected chi connectivity index (χ0v) is 13.7. The Kier molecular flexibility index (Phi) is 6.68. The Hall–Kier alpha value is -1.59. The smallest absolute Gasteiger partial charge is 0.251 e. The zero-order valence-electron chi connectivity index (χ0n) is 13.7. The molecule has 0 aromatic heterocycles. The van der Waals surface area contributed by atoms with Crippen LogP contribution in [0.4, 0.5) is 0 Å². The third kappa shape index (κ3) is 5.31. The molecule has 1 saturated heterocycles. The van der Waals surface area contributed by atoms with E-state index in [0.29, 0.717) is 5.56 Å². The van der Waals surface area contributed by atoms with E-state index in [1.807, 2.05) is 12.1 Å². The summed E-state index contributed by atoms with van der Waals surface area (Å²) in [6.07, 6.45) is 2.15. The molecule has 2 rings (SSSR count). The molecule has 5 heteroatoms. The highest BCUT2D eigenvalue weighted by atomic mass is 16.5. The van der Waals surface area contributed by atoms with E-state index < -0.39 is 0 Å². The number of likely N-dealkylation sites (N-methyl/N-ethyl adjacent to an activating group) is 1. The van der Waals surface area contributed by atoms with Crippen LogP contribution in [0, 0.1) is 0 Å². The minimum atomic E-state index is -0.0118. The number of amides is 1. The van der Waals surface area contributed by atoms with Crippen LogP contribution in [-0.2, 0) is 0 Å². The van der Waals surface area contributed by atoms with Crippen molar-refractivity contribution in [2.75, 3.05) is 53.4 Å². The van der Waals surface area contributed by atoms with Gasteiger partial charge in [-0.25, -0.2) is 0 Å². The molecule has 1 fully saturated rings. The summed E-state index contributed by atoms with van der Waals surface area (Å²) in [6.45, 7) is 6.51. The van der Waals surface area contributed by atoms with Crippen molar-refractivity contribution in [3.05, 3.63) is 29.8 Å². The van der Waals surface area contributed by atoms with Crippen molar-refractivity contribution in [2.24, 2.45) is 0 Å². The highest BCUT2D eigenvalue weighted by molar-refractivity contribution is 5.94. The number of piperazine rings is 1. The van der Waals surface area contributed by atoms with E-state index in [1.54, 1.807) is 19.2 Å². The summed E-state index contributed by atoms with van der Waals surface area (Å²) in [5, 5.41) is 2.97. The molecule has 0 atom stereocenters. The van der Waals surface area contributed by atoms with E-state index >= 15 is 0 Å². The normalized spacial score (nSPS) is 16.5. The van der Waals surface area contributed by atoms with Crippen molar-refractivity contribution in [3.63, 3.8) is 0 Å². The molecule has 5 nitrogen and oxygen atoms in total. The number of nitrogens with one attached hydrogen (secondary N) is 1. The molecule has 0 radical (unpaired) electrons. The molecule has 1 aromatic rings. The first-order valence-electron chi connectivity index (χ1n) is 8.02. The molecule has 0 spiro atoms. The lowest BCUT2D eigenvalue weighted by atomic mass is 10.2. The Morgan fingerprint density at radius 3 is 2.45 bits per heavy atom. The topological polar surface area (TPSA) is 44.8 Å². The number of ether oxygens (including phenoxy) is 1. The SMILES string of the molecule is COc1ccc(C(=O)NCCCCN2CCN(C)CC2)cc1. The van der Waals surface area contributed by atoms with Gasteiger partial charge in [0.25, 0.3) is 5.91 Å². The van der Waals surface area contributed by atoms with E-state index in [0.717, 1.165) is 57.9 Å². The number of hydrogen-bond acceptors (Lipinski definition) is 4. The second-order valence-electron chi connectivity index (χ2n) is 5.84. The molecule has 1 heterocycles. The van der Waals surface area contributed by atoms with Crippen LogP contribution < -0.4 is 10.1 Å². The molecule has 22 heavy (non-hydrogen) atoms. The summed E-state index contributed by atoms with van der Waals surface area (Å²) in [6, 6.07) is 7.20. The molecule has 0 saturated carbocycles. The van der Waals surface area contributed by atoms with Crippen LogP contribution in [0.5, 0.6) is 5.75 Å².